The van der Waals surface area contributed by atoms with Crippen LogP contribution in [0.3, 0.4) is 0 Å². The molecule has 0 fully saturated rings. The van der Waals surface area contributed by atoms with E-state index in [-0.39, 0.29) is 0 Å². The van der Waals surface area contributed by atoms with Crippen LogP contribution in [0.1, 0.15) is 24.6 Å². The first-order valence-corrected chi connectivity index (χ1v) is 8.50. The molecule has 1 aromatic carbocycles. The number of nitrogens with one attached hydrogen (secondary N) is 1. The fourth-order valence-corrected chi connectivity index (χ4v) is 2.65. The van der Waals surface area contributed by atoms with E-state index >= 15 is 0 Å². The van der Waals surface area contributed by atoms with Crippen LogP contribution in [0.5, 0.6) is 5.75 Å². The quantitative estimate of drug-likeness (QED) is 0.668. The van der Waals surface area contributed by atoms with Crippen molar-refractivity contribution in [1.82, 2.24) is 10.3 Å². The summed E-state index contributed by atoms with van der Waals surface area (Å²) in [5, 5.41) is 3.40. The van der Waals surface area contributed by atoms with E-state index in [9.17, 15) is 0 Å². The summed E-state index contributed by atoms with van der Waals surface area (Å²) < 4.78 is 7.90. The van der Waals surface area contributed by atoms with Crippen LogP contribution < -0.4 is 10.1 Å². The first-order valence-electron chi connectivity index (χ1n) is 6.92. The molecule has 1 heterocycles. The molecule has 0 saturated heterocycles. The predicted octanol–water partition coefficient (Wildman–Crippen LogP) is 4.69. The van der Waals surface area contributed by atoms with Gasteiger partial charge in [0.05, 0.1) is 10.2 Å². The molecule has 2 aromatic rings. The summed E-state index contributed by atoms with van der Waals surface area (Å²) in [7, 11) is 0. The zero-order chi connectivity index (χ0) is 15.1. The van der Waals surface area contributed by atoms with Gasteiger partial charge in [-0.25, -0.2) is 0 Å². The highest BCUT2D eigenvalue weighted by molar-refractivity contribution is 9.10. The molecule has 0 aliphatic carbocycles. The standard InChI is InChI=1S/C16H18Br2N2O/c1-2-8-19-9-12-4-3-5-15(18)16(12)21-11-14-7-6-13(17)10-20-14/h3-7,10,19H,2,8-9,11H2,1H3. The van der Waals surface area contributed by atoms with Crippen LogP contribution in [0, 0.1) is 0 Å². The maximum atomic E-state index is 5.96. The SMILES string of the molecule is CCCNCc1cccc(Br)c1OCc1ccc(Br)cn1. The van der Waals surface area contributed by atoms with Crippen molar-refractivity contribution in [2.45, 2.75) is 26.5 Å². The van der Waals surface area contributed by atoms with Gasteiger partial charge in [0, 0.05) is 22.8 Å². The van der Waals surface area contributed by atoms with E-state index in [4.69, 9.17) is 4.74 Å². The minimum absolute atomic E-state index is 0.455. The molecule has 0 spiro atoms. The Morgan fingerprint density at radius 1 is 1.19 bits per heavy atom. The lowest BCUT2D eigenvalue weighted by atomic mass is 10.2. The maximum Gasteiger partial charge on any atom is 0.138 e. The van der Waals surface area contributed by atoms with Gasteiger partial charge < -0.3 is 10.1 Å². The highest BCUT2D eigenvalue weighted by atomic mass is 79.9. The number of aromatic nitrogens is 1. The molecule has 0 radical (unpaired) electrons. The summed E-state index contributed by atoms with van der Waals surface area (Å²) in [5.74, 6) is 0.880. The van der Waals surface area contributed by atoms with E-state index in [1.165, 1.54) is 0 Å². The molecular weight excluding hydrogens is 396 g/mol. The molecule has 0 bridgehead atoms. The third kappa shape index (κ3) is 5.09. The first kappa shape index (κ1) is 16.5. The number of ether oxygens (including phenoxy) is 1. The van der Waals surface area contributed by atoms with Crippen molar-refractivity contribution in [2.75, 3.05) is 6.54 Å². The van der Waals surface area contributed by atoms with Crippen LogP contribution in [-0.2, 0) is 13.2 Å². The highest BCUT2D eigenvalue weighted by Crippen LogP contribution is 2.29. The Morgan fingerprint density at radius 2 is 2.05 bits per heavy atom. The van der Waals surface area contributed by atoms with Crippen molar-refractivity contribution in [1.29, 1.82) is 0 Å². The second-order valence-corrected chi connectivity index (χ2v) is 6.43. The average molecular weight is 414 g/mol. The largest absolute Gasteiger partial charge is 0.486 e. The van der Waals surface area contributed by atoms with Crippen molar-refractivity contribution in [3.05, 3.63) is 56.7 Å². The van der Waals surface area contributed by atoms with E-state index in [0.717, 1.165) is 45.5 Å². The minimum atomic E-state index is 0.455. The number of hydrogen-bond acceptors (Lipinski definition) is 3. The number of nitrogens with zero attached hydrogens (tertiary/aromatic N) is 1. The van der Waals surface area contributed by atoms with Gasteiger partial charge in [0.2, 0.25) is 0 Å². The summed E-state index contributed by atoms with van der Waals surface area (Å²) >= 11 is 6.94. The van der Waals surface area contributed by atoms with E-state index < -0.39 is 0 Å². The summed E-state index contributed by atoms with van der Waals surface area (Å²) in [6.45, 7) is 4.41. The highest BCUT2D eigenvalue weighted by Gasteiger charge is 2.08. The summed E-state index contributed by atoms with van der Waals surface area (Å²) in [6.07, 6.45) is 2.90. The van der Waals surface area contributed by atoms with Gasteiger partial charge in [0.15, 0.2) is 0 Å². The molecule has 5 heteroatoms. The van der Waals surface area contributed by atoms with Crippen LogP contribution in [0.2, 0.25) is 0 Å². The zero-order valence-electron chi connectivity index (χ0n) is 11.9. The maximum absolute atomic E-state index is 5.96. The lowest BCUT2D eigenvalue weighted by Gasteiger charge is -2.13. The van der Waals surface area contributed by atoms with E-state index in [1.807, 2.05) is 24.3 Å². The Labute approximate surface area is 142 Å². The lowest BCUT2D eigenvalue weighted by Crippen LogP contribution is -2.15. The molecule has 112 valence electrons. The topological polar surface area (TPSA) is 34.1 Å². The summed E-state index contributed by atoms with van der Waals surface area (Å²) in [4.78, 5) is 4.33. The molecule has 3 nitrogen and oxygen atoms in total. The molecule has 0 aliphatic rings. The number of benzene rings is 1. The van der Waals surface area contributed by atoms with Gasteiger partial charge in [0.1, 0.15) is 12.4 Å². The van der Waals surface area contributed by atoms with Crippen molar-refractivity contribution < 1.29 is 4.74 Å². The molecule has 0 amide bonds. The average Bonchev–Trinajstić information content (AvgIpc) is 2.48. The van der Waals surface area contributed by atoms with Gasteiger partial charge in [-0.05, 0) is 63.0 Å². The Balaban J connectivity index is 2.05. The molecule has 2 rings (SSSR count). The summed E-state index contributed by atoms with van der Waals surface area (Å²) in [6, 6.07) is 10.0. The van der Waals surface area contributed by atoms with E-state index in [2.05, 4.69) is 55.2 Å². The predicted molar refractivity (Wildman–Crippen MR) is 92.4 cm³/mol. The number of halogens is 2. The molecule has 0 atom stereocenters. The van der Waals surface area contributed by atoms with Crippen molar-refractivity contribution in [2.24, 2.45) is 0 Å². The van der Waals surface area contributed by atoms with Gasteiger partial charge in [-0.1, -0.05) is 19.1 Å². The van der Waals surface area contributed by atoms with Crippen LogP contribution in [0.25, 0.3) is 0 Å². The molecule has 1 aromatic heterocycles. The van der Waals surface area contributed by atoms with Gasteiger partial charge in [-0.15, -0.1) is 0 Å². The molecule has 0 saturated carbocycles. The van der Waals surface area contributed by atoms with Crippen molar-refractivity contribution in [3.63, 3.8) is 0 Å². The zero-order valence-corrected chi connectivity index (χ0v) is 15.1. The molecule has 0 aliphatic heterocycles. The van der Waals surface area contributed by atoms with E-state index in [0.29, 0.717) is 6.61 Å². The minimum Gasteiger partial charge on any atom is -0.486 e. The Bertz CT molecular complexity index is 573. The van der Waals surface area contributed by atoms with Gasteiger partial charge >= 0.3 is 0 Å². The fraction of sp³-hybridized carbons (Fsp3) is 0.312. The van der Waals surface area contributed by atoms with Crippen molar-refractivity contribution >= 4 is 31.9 Å². The monoisotopic (exact) mass is 412 g/mol. The number of rotatable bonds is 7. The molecular formula is C16H18Br2N2O. The van der Waals surface area contributed by atoms with Crippen LogP contribution in [-0.4, -0.2) is 11.5 Å². The lowest BCUT2D eigenvalue weighted by molar-refractivity contribution is 0.295. The normalized spacial score (nSPS) is 10.6. The van der Waals surface area contributed by atoms with Crippen LogP contribution >= 0.6 is 31.9 Å². The van der Waals surface area contributed by atoms with Crippen LogP contribution in [0.15, 0.2) is 45.5 Å². The number of para-hydroxylation sites is 1. The van der Waals surface area contributed by atoms with Gasteiger partial charge in [-0.3, -0.25) is 4.98 Å². The second-order valence-electron chi connectivity index (χ2n) is 4.66. The molecule has 0 unspecified atom stereocenters. The van der Waals surface area contributed by atoms with E-state index in [1.54, 1.807) is 6.20 Å². The molecule has 1 N–H and O–H groups in total. The second kappa shape index (κ2) is 8.51. The van der Waals surface area contributed by atoms with Crippen molar-refractivity contribution in [3.8, 4) is 5.75 Å². The third-order valence-corrected chi connectivity index (χ3v) is 4.04. The Morgan fingerprint density at radius 3 is 2.76 bits per heavy atom. The number of hydrogen-bond donors (Lipinski definition) is 1. The summed E-state index contributed by atoms with van der Waals surface area (Å²) in [5.41, 5.74) is 2.05. The smallest absolute Gasteiger partial charge is 0.138 e. The number of pyridine rings is 1. The first-order chi connectivity index (χ1) is 10.2. The molecule has 21 heavy (non-hydrogen) atoms. The Kier molecular flexibility index (Phi) is 6.67. The van der Waals surface area contributed by atoms with Crippen LogP contribution in [0.4, 0.5) is 0 Å². The third-order valence-electron chi connectivity index (χ3n) is 2.94. The van der Waals surface area contributed by atoms with Gasteiger partial charge in [0.25, 0.3) is 0 Å². The Hall–Kier alpha value is -0.910. The van der Waals surface area contributed by atoms with Gasteiger partial charge in [-0.2, -0.15) is 0 Å². The fourth-order valence-electron chi connectivity index (χ4n) is 1.89.